The van der Waals surface area contributed by atoms with Crippen molar-refractivity contribution in [3.05, 3.63) is 48.5 Å². The highest BCUT2D eigenvalue weighted by molar-refractivity contribution is 6.67. The van der Waals surface area contributed by atoms with Crippen LogP contribution in [0, 0.1) is 0 Å². The first kappa shape index (κ1) is 16.1. The maximum atomic E-state index is 11.7. The van der Waals surface area contributed by atoms with Gasteiger partial charge in [0.25, 0.3) is 0 Å². The lowest BCUT2D eigenvalue weighted by Gasteiger charge is -2.12. The first-order chi connectivity index (χ1) is 10.9. The predicted octanol–water partition coefficient (Wildman–Crippen LogP) is 5.31. The van der Waals surface area contributed by atoms with E-state index >= 15 is 0 Å². The van der Waals surface area contributed by atoms with Crippen molar-refractivity contribution in [2.75, 3.05) is 11.9 Å². The van der Waals surface area contributed by atoms with Crippen LogP contribution < -0.4 is 5.32 Å². The number of carbonyl (C=O) groups is 1. The molecule has 3 rings (SSSR count). The number of hydrogen-bond donors (Lipinski definition) is 1. The zero-order valence-corrected chi connectivity index (χ0v) is 14.0. The van der Waals surface area contributed by atoms with E-state index < -0.39 is 9.89 Å². The van der Waals surface area contributed by atoms with E-state index in [9.17, 15) is 4.79 Å². The lowest BCUT2D eigenvalue weighted by atomic mass is 10.1. The van der Waals surface area contributed by atoms with Crippen LogP contribution in [-0.4, -0.2) is 21.5 Å². The zero-order valence-electron chi connectivity index (χ0n) is 11.7. The summed E-state index contributed by atoms with van der Waals surface area (Å²) in [6, 6.07) is 15.3. The molecule has 1 aromatic heterocycles. The summed E-state index contributed by atoms with van der Waals surface area (Å²) < 4.78 is 3.19. The van der Waals surface area contributed by atoms with Gasteiger partial charge in [-0.1, -0.05) is 59.1 Å². The number of alkyl halides is 3. The second-order valence-electron chi connectivity index (χ2n) is 4.90. The normalized spacial score (nSPS) is 11.6. The fourth-order valence-electron chi connectivity index (χ4n) is 2.15. The number of fused-ring (bicyclic) bond motifs is 2. The van der Waals surface area contributed by atoms with Crippen molar-refractivity contribution in [2.24, 2.45) is 0 Å². The van der Waals surface area contributed by atoms with Gasteiger partial charge in [0.1, 0.15) is 6.61 Å². The number of benzene rings is 2. The van der Waals surface area contributed by atoms with E-state index in [4.69, 9.17) is 39.5 Å². The molecule has 0 saturated heterocycles. The number of para-hydroxylation sites is 1. The molecule has 0 aliphatic carbocycles. The van der Waals surface area contributed by atoms with Crippen LogP contribution in [0.4, 0.5) is 10.5 Å². The molecule has 4 nitrogen and oxygen atoms in total. The Labute approximate surface area is 147 Å². The zero-order chi connectivity index (χ0) is 16.4. The second-order valence-corrected chi connectivity index (χ2v) is 7.42. The van der Waals surface area contributed by atoms with E-state index in [1.165, 1.54) is 0 Å². The molecule has 0 fully saturated rings. The summed E-state index contributed by atoms with van der Waals surface area (Å²) in [6.07, 6.45) is -0.698. The number of anilines is 1. The van der Waals surface area contributed by atoms with Crippen molar-refractivity contribution in [1.29, 1.82) is 0 Å². The van der Waals surface area contributed by atoms with Crippen molar-refractivity contribution in [2.45, 2.75) is 3.79 Å². The highest BCUT2D eigenvalue weighted by atomic mass is 35.6. The van der Waals surface area contributed by atoms with Crippen LogP contribution in [0.5, 0.6) is 0 Å². The topological polar surface area (TPSA) is 51.2 Å². The molecular weight excluding hydrogens is 359 g/mol. The number of pyridine rings is 1. The Hall–Kier alpha value is -1.75. The summed E-state index contributed by atoms with van der Waals surface area (Å²) in [5.41, 5.74) is 2.20. The molecule has 0 radical (unpaired) electrons. The number of amides is 1. The average Bonchev–Trinajstić information content (AvgIpc) is 2.50. The van der Waals surface area contributed by atoms with Gasteiger partial charge in [-0.05, 0) is 24.3 Å². The van der Waals surface area contributed by atoms with Crippen molar-refractivity contribution >= 4 is 68.4 Å². The quantitative estimate of drug-likeness (QED) is 0.492. The Kier molecular flexibility index (Phi) is 4.48. The maximum Gasteiger partial charge on any atom is 0.411 e. The van der Waals surface area contributed by atoms with Crippen LogP contribution in [-0.2, 0) is 4.74 Å². The predicted molar refractivity (Wildman–Crippen MR) is 94.5 cm³/mol. The lowest BCUT2D eigenvalue weighted by Crippen LogP contribution is -2.21. The van der Waals surface area contributed by atoms with E-state index in [0.717, 1.165) is 21.8 Å². The third-order valence-electron chi connectivity index (χ3n) is 3.13. The molecule has 3 aromatic rings. The van der Waals surface area contributed by atoms with Gasteiger partial charge in [0.2, 0.25) is 3.79 Å². The molecule has 2 aromatic carbocycles. The van der Waals surface area contributed by atoms with Gasteiger partial charge in [0.15, 0.2) is 0 Å². The molecule has 23 heavy (non-hydrogen) atoms. The molecule has 118 valence electrons. The van der Waals surface area contributed by atoms with Gasteiger partial charge in [0, 0.05) is 16.5 Å². The lowest BCUT2D eigenvalue weighted by molar-refractivity contribution is 0.164. The van der Waals surface area contributed by atoms with Gasteiger partial charge < -0.3 is 4.74 Å². The monoisotopic (exact) mass is 368 g/mol. The van der Waals surface area contributed by atoms with Gasteiger partial charge >= 0.3 is 6.09 Å². The van der Waals surface area contributed by atoms with Crippen LogP contribution >= 0.6 is 34.8 Å². The minimum atomic E-state index is -1.64. The molecule has 0 atom stereocenters. The molecule has 0 aliphatic heterocycles. The van der Waals surface area contributed by atoms with Gasteiger partial charge in [-0.3, -0.25) is 5.32 Å². The number of ether oxygens (including phenoxy) is 1. The van der Waals surface area contributed by atoms with E-state index in [2.05, 4.69) is 10.3 Å². The molecule has 0 saturated carbocycles. The molecule has 0 spiro atoms. The Morgan fingerprint density at radius 3 is 2.57 bits per heavy atom. The van der Waals surface area contributed by atoms with E-state index in [1.807, 2.05) is 36.4 Å². The second kappa shape index (κ2) is 6.40. The molecular formula is C16H11Cl3N2O2. The van der Waals surface area contributed by atoms with Gasteiger partial charge in [0.05, 0.1) is 11.0 Å². The number of aromatic nitrogens is 1. The largest absolute Gasteiger partial charge is 0.445 e. The molecule has 0 bridgehead atoms. The first-order valence-corrected chi connectivity index (χ1v) is 7.84. The summed E-state index contributed by atoms with van der Waals surface area (Å²) in [7, 11) is 0. The Balaban J connectivity index is 1.82. The fraction of sp³-hybridized carbons (Fsp3) is 0.125. The molecule has 1 heterocycles. The third kappa shape index (κ3) is 4.16. The molecule has 0 unspecified atom stereocenters. The summed E-state index contributed by atoms with van der Waals surface area (Å²) in [5.74, 6) is 0. The van der Waals surface area contributed by atoms with Gasteiger partial charge in [-0.2, -0.15) is 0 Å². The smallest absolute Gasteiger partial charge is 0.411 e. The number of hydrogen-bond acceptors (Lipinski definition) is 3. The standard InChI is InChI=1S/C16H11Cl3N2O2/c17-16(18,19)9-23-15(22)20-12-6-5-11-7-10-3-1-2-4-13(10)21-14(11)8-12/h1-8H,9H2,(H,20,22). The van der Waals surface area contributed by atoms with Crippen molar-refractivity contribution < 1.29 is 9.53 Å². The Bertz CT molecular complexity index is 878. The van der Waals surface area contributed by atoms with E-state index in [0.29, 0.717) is 5.69 Å². The van der Waals surface area contributed by atoms with Crippen LogP contribution in [0.1, 0.15) is 0 Å². The number of nitrogens with one attached hydrogen (secondary N) is 1. The number of nitrogens with zero attached hydrogens (tertiary/aromatic N) is 1. The van der Waals surface area contributed by atoms with Crippen molar-refractivity contribution in [3.63, 3.8) is 0 Å². The summed E-state index contributed by atoms with van der Waals surface area (Å²) in [4.78, 5) is 16.3. The van der Waals surface area contributed by atoms with Crippen molar-refractivity contribution in [1.82, 2.24) is 4.98 Å². The molecule has 1 N–H and O–H groups in total. The van der Waals surface area contributed by atoms with Crippen molar-refractivity contribution in [3.8, 4) is 0 Å². The summed E-state index contributed by atoms with van der Waals surface area (Å²) in [5, 5.41) is 4.61. The summed E-state index contributed by atoms with van der Waals surface area (Å²) in [6.45, 7) is -0.333. The van der Waals surface area contributed by atoms with E-state index in [-0.39, 0.29) is 6.61 Å². The number of rotatable bonds is 2. The average molecular weight is 370 g/mol. The maximum absolute atomic E-state index is 11.7. The van der Waals surface area contributed by atoms with Crippen LogP contribution in [0.15, 0.2) is 48.5 Å². The van der Waals surface area contributed by atoms with Crippen LogP contribution in [0.3, 0.4) is 0 Å². The Morgan fingerprint density at radius 1 is 1.04 bits per heavy atom. The Morgan fingerprint density at radius 2 is 1.78 bits per heavy atom. The van der Waals surface area contributed by atoms with Crippen LogP contribution in [0.25, 0.3) is 21.8 Å². The third-order valence-corrected chi connectivity index (χ3v) is 3.46. The van der Waals surface area contributed by atoms with Crippen LogP contribution in [0.2, 0.25) is 0 Å². The minimum absolute atomic E-state index is 0.333. The molecule has 0 aliphatic rings. The highest BCUT2D eigenvalue weighted by Crippen LogP contribution is 2.26. The summed E-state index contributed by atoms with van der Waals surface area (Å²) >= 11 is 16.6. The molecule has 1 amide bonds. The number of carbonyl (C=O) groups excluding carboxylic acids is 1. The van der Waals surface area contributed by atoms with Gasteiger partial charge in [-0.25, -0.2) is 9.78 Å². The van der Waals surface area contributed by atoms with E-state index in [1.54, 1.807) is 12.1 Å². The minimum Gasteiger partial charge on any atom is -0.445 e. The molecule has 7 heteroatoms. The number of halogens is 3. The highest BCUT2D eigenvalue weighted by Gasteiger charge is 2.22. The fourth-order valence-corrected chi connectivity index (χ4v) is 2.31. The van der Waals surface area contributed by atoms with Gasteiger partial charge in [-0.15, -0.1) is 0 Å². The SMILES string of the molecule is O=C(Nc1ccc2cc3ccccc3nc2c1)OCC(Cl)(Cl)Cl. The first-order valence-electron chi connectivity index (χ1n) is 6.71.